The maximum atomic E-state index is 12.5. The molecule has 0 aromatic heterocycles. The van der Waals surface area contributed by atoms with Crippen molar-refractivity contribution in [1.82, 2.24) is 9.80 Å². The van der Waals surface area contributed by atoms with Gasteiger partial charge in [0, 0.05) is 44.6 Å². The summed E-state index contributed by atoms with van der Waals surface area (Å²) in [5.74, 6) is 0.385. The number of carboxylic acids is 1. The molecule has 3 aliphatic rings. The molecule has 2 saturated heterocycles. The molecule has 1 saturated carbocycles. The molecule has 2 atom stereocenters. The van der Waals surface area contributed by atoms with Crippen LogP contribution in [-0.2, 0) is 9.59 Å². The Labute approximate surface area is 153 Å². The van der Waals surface area contributed by atoms with Crippen LogP contribution in [-0.4, -0.2) is 66.1 Å². The van der Waals surface area contributed by atoms with Crippen LogP contribution in [0.1, 0.15) is 19.3 Å². The van der Waals surface area contributed by atoms with Crippen LogP contribution >= 0.6 is 0 Å². The third kappa shape index (κ3) is 3.07. The number of rotatable bonds is 6. The molecule has 140 valence electrons. The van der Waals surface area contributed by atoms with Gasteiger partial charge in [-0.05, 0) is 25.0 Å². The zero-order chi connectivity index (χ0) is 18.1. The van der Waals surface area contributed by atoms with Crippen LogP contribution in [0.25, 0.3) is 0 Å². The van der Waals surface area contributed by atoms with Crippen molar-refractivity contribution < 1.29 is 19.4 Å². The minimum Gasteiger partial charge on any atom is -0.492 e. The van der Waals surface area contributed by atoms with Crippen molar-refractivity contribution in [2.75, 3.05) is 39.3 Å². The van der Waals surface area contributed by atoms with Crippen molar-refractivity contribution in [3.63, 3.8) is 0 Å². The number of nitrogens with zero attached hydrogens (tertiary/aromatic N) is 2. The van der Waals surface area contributed by atoms with E-state index in [9.17, 15) is 14.7 Å². The fourth-order valence-electron chi connectivity index (χ4n) is 4.53. The number of hydrogen-bond donors (Lipinski definition) is 1. The molecule has 1 aliphatic carbocycles. The molecule has 26 heavy (non-hydrogen) atoms. The molecule has 6 nitrogen and oxygen atoms in total. The van der Waals surface area contributed by atoms with Gasteiger partial charge in [-0.25, -0.2) is 0 Å². The molecule has 0 radical (unpaired) electrons. The molecule has 4 rings (SSSR count). The number of hydrogen-bond acceptors (Lipinski definition) is 4. The lowest BCUT2D eigenvalue weighted by molar-refractivity contribution is -0.149. The van der Waals surface area contributed by atoms with Gasteiger partial charge in [-0.1, -0.05) is 24.6 Å². The summed E-state index contributed by atoms with van der Waals surface area (Å²) < 4.78 is 5.74. The number of carbonyl (C=O) groups is 2. The number of likely N-dealkylation sites (tertiary alicyclic amines) is 2. The molecule has 2 aliphatic heterocycles. The summed E-state index contributed by atoms with van der Waals surface area (Å²) in [6, 6.07) is 9.65. The van der Waals surface area contributed by atoms with Crippen LogP contribution in [0.3, 0.4) is 0 Å². The van der Waals surface area contributed by atoms with Crippen LogP contribution in [0.2, 0.25) is 0 Å². The van der Waals surface area contributed by atoms with Gasteiger partial charge in [-0.2, -0.15) is 0 Å². The van der Waals surface area contributed by atoms with Crippen molar-refractivity contribution in [2.45, 2.75) is 19.3 Å². The summed E-state index contributed by atoms with van der Waals surface area (Å²) in [6.07, 6.45) is 3.04. The van der Waals surface area contributed by atoms with E-state index in [1.54, 1.807) is 0 Å². The zero-order valence-electron chi connectivity index (χ0n) is 15.0. The van der Waals surface area contributed by atoms with Crippen LogP contribution in [0.4, 0.5) is 0 Å². The molecule has 3 fully saturated rings. The van der Waals surface area contributed by atoms with E-state index >= 15 is 0 Å². The third-order valence-corrected chi connectivity index (χ3v) is 6.29. The Morgan fingerprint density at radius 1 is 1.15 bits per heavy atom. The first-order valence-corrected chi connectivity index (χ1v) is 9.51. The Morgan fingerprint density at radius 2 is 1.92 bits per heavy atom. The van der Waals surface area contributed by atoms with E-state index in [4.69, 9.17) is 4.74 Å². The highest BCUT2D eigenvalue weighted by atomic mass is 16.5. The molecule has 1 amide bonds. The third-order valence-electron chi connectivity index (χ3n) is 6.29. The van der Waals surface area contributed by atoms with Gasteiger partial charge in [0.2, 0.25) is 5.91 Å². The second-order valence-corrected chi connectivity index (χ2v) is 7.90. The number of para-hydroxylation sites is 1. The van der Waals surface area contributed by atoms with Crippen molar-refractivity contribution in [3.05, 3.63) is 30.3 Å². The number of aliphatic carboxylic acids is 1. The Balaban J connectivity index is 1.34. The van der Waals surface area contributed by atoms with Gasteiger partial charge in [0.15, 0.2) is 0 Å². The first-order chi connectivity index (χ1) is 12.6. The first-order valence-electron chi connectivity index (χ1n) is 9.51. The topological polar surface area (TPSA) is 70.1 Å². The van der Waals surface area contributed by atoms with E-state index in [0.717, 1.165) is 31.6 Å². The molecule has 6 heteroatoms. The predicted octanol–water partition coefficient (Wildman–Crippen LogP) is 1.71. The molecule has 2 heterocycles. The van der Waals surface area contributed by atoms with Gasteiger partial charge in [0.05, 0.1) is 0 Å². The number of carboxylic acid groups (broad SMARTS) is 1. The van der Waals surface area contributed by atoms with Crippen molar-refractivity contribution >= 4 is 11.9 Å². The second-order valence-electron chi connectivity index (χ2n) is 7.90. The molecule has 0 spiro atoms. The average Bonchev–Trinajstić information content (AvgIpc) is 3.09. The van der Waals surface area contributed by atoms with Crippen molar-refractivity contribution in [1.29, 1.82) is 0 Å². The SMILES string of the molecule is O=C(C1CCC1)N1C[C@H]2CN(CCOc3ccccc3)C[C@@]2(C(=O)O)C1. The smallest absolute Gasteiger partial charge is 0.313 e. The van der Waals surface area contributed by atoms with Gasteiger partial charge < -0.3 is 14.7 Å². The van der Waals surface area contributed by atoms with Gasteiger partial charge in [-0.3, -0.25) is 14.5 Å². The molecule has 1 N–H and O–H groups in total. The summed E-state index contributed by atoms with van der Waals surface area (Å²) in [5.41, 5.74) is -0.813. The van der Waals surface area contributed by atoms with Gasteiger partial charge >= 0.3 is 5.97 Å². The number of amides is 1. The fourth-order valence-corrected chi connectivity index (χ4v) is 4.53. The Bertz CT molecular complexity index is 676. The standard InChI is InChI=1S/C20H26N2O4/c23-18(15-5-4-6-15)22-12-16-11-21(13-20(16,14-22)19(24)25)9-10-26-17-7-2-1-3-8-17/h1-3,7-8,15-16H,4-6,9-14H2,(H,24,25)/t16-,20-/m1/s1. The summed E-state index contributed by atoms with van der Waals surface area (Å²) in [4.78, 5) is 28.6. The summed E-state index contributed by atoms with van der Waals surface area (Å²) in [6.45, 7) is 3.41. The molecule has 0 unspecified atom stereocenters. The predicted molar refractivity (Wildman–Crippen MR) is 95.9 cm³/mol. The number of fused-ring (bicyclic) bond motifs is 1. The zero-order valence-corrected chi connectivity index (χ0v) is 15.0. The van der Waals surface area contributed by atoms with E-state index in [1.807, 2.05) is 35.2 Å². The van der Waals surface area contributed by atoms with Crippen LogP contribution in [0.15, 0.2) is 30.3 Å². The number of carbonyl (C=O) groups excluding carboxylic acids is 1. The van der Waals surface area contributed by atoms with Gasteiger partial charge in [0.1, 0.15) is 17.8 Å². The lowest BCUT2D eigenvalue weighted by Crippen LogP contribution is -2.44. The van der Waals surface area contributed by atoms with Crippen LogP contribution < -0.4 is 4.74 Å². The Hall–Kier alpha value is -2.08. The lowest BCUT2D eigenvalue weighted by atomic mass is 9.81. The van der Waals surface area contributed by atoms with E-state index in [-0.39, 0.29) is 17.7 Å². The molecule has 0 bridgehead atoms. The van der Waals surface area contributed by atoms with E-state index < -0.39 is 11.4 Å². The summed E-state index contributed by atoms with van der Waals surface area (Å²) in [5, 5.41) is 9.91. The minimum atomic E-state index is -0.813. The number of ether oxygens (including phenoxy) is 1. The van der Waals surface area contributed by atoms with Crippen LogP contribution in [0, 0.1) is 17.3 Å². The van der Waals surface area contributed by atoms with E-state index in [1.165, 1.54) is 0 Å². The highest BCUT2D eigenvalue weighted by molar-refractivity contribution is 5.83. The van der Waals surface area contributed by atoms with Crippen LogP contribution in [0.5, 0.6) is 5.75 Å². The normalized spacial score (nSPS) is 28.6. The lowest BCUT2D eigenvalue weighted by Gasteiger charge is -2.31. The van der Waals surface area contributed by atoms with Crippen molar-refractivity contribution in [3.8, 4) is 5.75 Å². The summed E-state index contributed by atoms with van der Waals surface area (Å²) >= 11 is 0. The largest absolute Gasteiger partial charge is 0.492 e. The van der Waals surface area contributed by atoms with E-state index in [2.05, 4.69) is 4.90 Å². The Morgan fingerprint density at radius 3 is 2.54 bits per heavy atom. The Kier molecular flexibility index (Phi) is 4.61. The number of benzene rings is 1. The average molecular weight is 358 g/mol. The molecular formula is C20H26N2O4. The molecular weight excluding hydrogens is 332 g/mol. The minimum absolute atomic E-state index is 0.0146. The maximum Gasteiger partial charge on any atom is 0.313 e. The second kappa shape index (κ2) is 6.91. The summed E-state index contributed by atoms with van der Waals surface area (Å²) in [7, 11) is 0. The quantitative estimate of drug-likeness (QED) is 0.838. The van der Waals surface area contributed by atoms with Crippen molar-refractivity contribution in [2.24, 2.45) is 17.3 Å². The van der Waals surface area contributed by atoms with E-state index in [0.29, 0.717) is 32.8 Å². The fraction of sp³-hybridized carbons (Fsp3) is 0.600. The monoisotopic (exact) mass is 358 g/mol. The van der Waals surface area contributed by atoms with Gasteiger partial charge in [0.25, 0.3) is 0 Å². The molecule has 1 aromatic carbocycles. The maximum absolute atomic E-state index is 12.5. The van der Waals surface area contributed by atoms with Gasteiger partial charge in [-0.15, -0.1) is 0 Å². The highest BCUT2D eigenvalue weighted by Crippen LogP contribution is 2.44. The highest BCUT2D eigenvalue weighted by Gasteiger charge is 2.58. The first kappa shape index (κ1) is 17.3. The molecule has 1 aromatic rings.